The van der Waals surface area contributed by atoms with E-state index in [1.54, 1.807) is 25.2 Å². The summed E-state index contributed by atoms with van der Waals surface area (Å²) in [4.78, 5) is 15.1. The van der Waals surface area contributed by atoms with Crippen LogP contribution < -0.4 is 21.1 Å². The molecule has 2 rings (SSSR count). The van der Waals surface area contributed by atoms with Crippen LogP contribution in [0.2, 0.25) is 0 Å². The molecule has 0 aliphatic carbocycles. The fourth-order valence-corrected chi connectivity index (χ4v) is 2.23. The maximum Gasteiger partial charge on any atom is 0.387 e. The van der Waals surface area contributed by atoms with Gasteiger partial charge in [-0.25, -0.2) is 0 Å². The first kappa shape index (κ1) is 22.7. The number of primary amides is 1. The van der Waals surface area contributed by atoms with Crippen molar-refractivity contribution in [2.45, 2.75) is 26.6 Å². The van der Waals surface area contributed by atoms with Crippen LogP contribution in [0, 0.1) is 6.92 Å². The summed E-state index contributed by atoms with van der Waals surface area (Å²) in [6.45, 7) is -0.544. The van der Waals surface area contributed by atoms with Crippen LogP contribution in [0.5, 0.6) is 5.75 Å². The first-order valence-electron chi connectivity index (χ1n) is 7.76. The number of nitrogens with one attached hydrogen (secondary N) is 2. The number of nitrogens with two attached hydrogens (primary N) is 1. The van der Waals surface area contributed by atoms with Crippen molar-refractivity contribution < 1.29 is 22.7 Å². The number of alkyl halides is 2. The minimum absolute atomic E-state index is 0. The Bertz CT molecular complexity index is 796. The van der Waals surface area contributed by atoms with Gasteiger partial charge in [0.05, 0.1) is 6.54 Å². The van der Waals surface area contributed by atoms with Crippen molar-refractivity contribution in [1.29, 1.82) is 0 Å². The maximum absolute atomic E-state index is 12.5. The summed E-state index contributed by atoms with van der Waals surface area (Å²) in [6.07, 6.45) is 0. The van der Waals surface area contributed by atoms with Crippen molar-refractivity contribution in [3.63, 3.8) is 0 Å². The molecule has 0 radical (unpaired) electrons. The number of hydrogen-bond acceptors (Lipinski definition) is 4. The molecule has 0 aliphatic rings. The maximum atomic E-state index is 12.5. The average Bonchev–Trinajstić information content (AvgIpc) is 3.06. The van der Waals surface area contributed by atoms with Crippen LogP contribution in [0.25, 0.3) is 0 Å². The highest BCUT2D eigenvalue weighted by atomic mass is 127. The highest BCUT2D eigenvalue weighted by Gasteiger charge is 2.11. The van der Waals surface area contributed by atoms with Gasteiger partial charge in [0, 0.05) is 19.2 Å². The second-order valence-corrected chi connectivity index (χ2v) is 5.40. The van der Waals surface area contributed by atoms with Gasteiger partial charge in [-0.3, -0.25) is 9.79 Å². The molecule has 0 unspecified atom stereocenters. The number of nitrogens with zero attached hydrogens (tertiary/aromatic N) is 1. The van der Waals surface area contributed by atoms with Crippen LogP contribution in [0.15, 0.2) is 39.7 Å². The molecule has 10 heteroatoms. The minimum atomic E-state index is -2.90. The third-order valence-corrected chi connectivity index (χ3v) is 3.44. The molecule has 1 aromatic heterocycles. The molecule has 1 aromatic carbocycles. The summed E-state index contributed by atoms with van der Waals surface area (Å²) in [5.41, 5.74) is 6.62. The number of benzene rings is 1. The Kier molecular flexibility index (Phi) is 8.98. The Labute approximate surface area is 172 Å². The molecule has 148 valence electrons. The van der Waals surface area contributed by atoms with Gasteiger partial charge in [0.15, 0.2) is 11.7 Å². The van der Waals surface area contributed by atoms with E-state index < -0.39 is 12.5 Å². The molecule has 0 saturated heterocycles. The van der Waals surface area contributed by atoms with Gasteiger partial charge in [0.1, 0.15) is 11.5 Å². The van der Waals surface area contributed by atoms with E-state index in [0.29, 0.717) is 17.3 Å². The van der Waals surface area contributed by atoms with Crippen molar-refractivity contribution in [1.82, 2.24) is 10.6 Å². The van der Waals surface area contributed by atoms with Gasteiger partial charge in [-0.2, -0.15) is 8.78 Å². The Balaban J connectivity index is 0.00000364. The normalized spacial score (nSPS) is 11.1. The van der Waals surface area contributed by atoms with E-state index in [0.717, 1.165) is 5.56 Å². The Morgan fingerprint density at radius 3 is 2.56 bits per heavy atom. The predicted molar refractivity (Wildman–Crippen MR) is 107 cm³/mol. The number of ether oxygens (including phenoxy) is 1. The number of halogens is 3. The summed E-state index contributed by atoms with van der Waals surface area (Å²) in [5, 5.41) is 5.99. The topological polar surface area (TPSA) is 102 Å². The zero-order valence-corrected chi connectivity index (χ0v) is 17.1. The van der Waals surface area contributed by atoms with Crippen LogP contribution in [0.1, 0.15) is 27.4 Å². The second kappa shape index (κ2) is 10.7. The number of guanidine groups is 1. The number of carbonyl (C=O) groups is 1. The summed E-state index contributed by atoms with van der Waals surface area (Å²) in [5.74, 6) is 0.444. The number of amides is 1. The highest BCUT2D eigenvalue weighted by molar-refractivity contribution is 14.0. The summed E-state index contributed by atoms with van der Waals surface area (Å²) < 4.78 is 34.8. The van der Waals surface area contributed by atoms with Crippen LogP contribution in [-0.4, -0.2) is 25.5 Å². The fourth-order valence-electron chi connectivity index (χ4n) is 2.23. The van der Waals surface area contributed by atoms with Crippen LogP contribution in [0.4, 0.5) is 8.78 Å². The first-order chi connectivity index (χ1) is 12.4. The minimum Gasteiger partial charge on any atom is -0.454 e. The van der Waals surface area contributed by atoms with Gasteiger partial charge in [0.2, 0.25) is 0 Å². The molecule has 1 amide bonds. The van der Waals surface area contributed by atoms with Gasteiger partial charge in [-0.1, -0.05) is 17.7 Å². The van der Waals surface area contributed by atoms with Crippen molar-refractivity contribution in [3.8, 4) is 5.75 Å². The Morgan fingerprint density at radius 2 is 1.96 bits per heavy atom. The smallest absolute Gasteiger partial charge is 0.387 e. The quantitative estimate of drug-likeness (QED) is 0.312. The van der Waals surface area contributed by atoms with Gasteiger partial charge in [-0.15, -0.1) is 24.0 Å². The Hall–Kier alpha value is -2.37. The molecule has 0 spiro atoms. The molecule has 1 heterocycles. The SMILES string of the molecule is CN=C(NCc1ccc(C(N)=O)o1)NCc1cc(C)ccc1OC(F)F.I. The second-order valence-electron chi connectivity index (χ2n) is 5.40. The van der Waals surface area contributed by atoms with E-state index in [9.17, 15) is 13.6 Å². The lowest BCUT2D eigenvalue weighted by Crippen LogP contribution is -2.36. The molecule has 0 bridgehead atoms. The summed E-state index contributed by atoms with van der Waals surface area (Å²) in [6, 6.07) is 8.06. The van der Waals surface area contributed by atoms with Gasteiger partial charge < -0.3 is 25.5 Å². The molecule has 0 saturated carbocycles. The van der Waals surface area contributed by atoms with E-state index in [1.807, 2.05) is 6.92 Å². The van der Waals surface area contributed by atoms with Gasteiger partial charge in [0.25, 0.3) is 5.91 Å². The molecule has 2 aromatic rings. The third kappa shape index (κ3) is 7.04. The average molecular weight is 494 g/mol. The summed E-state index contributed by atoms with van der Waals surface area (Å²) in [7, 11) is 1.57. The number of furan rings is 1. The van der Waals surface area contributed by atoms with Crippen LogP contribution >= 0.6 is 24.0 Å². The van der Waals surface area contributed by atoms with Crippen molar-refractivity contribution in [2.24, 2.45) is 10.7 Å². The van der Waals surface area contributed by atoms with Gasteiger partial charge >= 0.3 is 6.61 Å². The highest BCUT2D eigenvalue weighted by Crippen LogP contribution is 2.22. The molecule has 27 heavy (non-hydrogen) atoms. The van der Waals surface area contributed by atoms with E-state index in [2.05, 4.69) is 20.4 Å². The van der Waals surface area contributed by atoms with Crippen molar-refractivity contribution in [3.05, 3.63) is 53.0 Å². The Morgan fingerprint density at radius 1 is 1.26 bits per heavy atom. The standard InChI is InChI=1S/C17H20F2N4O3.HI/c1-10-3-5-13(26-16(18)19)11(7-10)8-22-17(21-2)23-9-12-4-6-14(25-12)15(20)24;/h3-7,16H,8-9H2,1-2H3,(H2,20,24)(H2,21,22,23);1H. The lowest BCUT2D eigenvalue weighted by Gasteiger charge is -2.14. The van der Waals surface area contributed by atoms with E-state index in [-0.39, 0.29) is 48.6 Å². The first-order valence-corrected chi connectivity index (χ1v) is 7.76. The number of aryl methyl sites for hydroxylation is 1. The number of rotatable bonds is 7. The number of hydrogen-bond donors (Lipinski definition) is 3. The molecule has 7 nitrogen and oxygen atoms in total. The number of aliphatic imine (C=N–C) groups is 1. The van der Waals surface area contributed by atoms with Crippen LogP contribution in [0.3, 0.4) is 0 Å². The largest absolute Gasteiger partial charge is 0.454 e. The zero-order valence-electron chi connectivity index (χ0n) is 14.8. The lowest BCUT2D eigenvalue weighted by atomic mass is 10.1. The molecular weight excluding hydrogens is 473 g/mol. The third-order valence-electron chi connectivity index (χ3n) is 3.44. The lowest BCUT2D eigenvalue weighted by molar-refractivity contribution is -0.0504. The van der Waals surface area contributed by atoms with Crippen LogP contribution in [-0.2, 0) is 13.1 Å². The van der Waals surface area contributed by atoms with Crippen molar-refractivity contribution >= 4 is 35.8 Å². The molecule has 4 N–H and O–H groups in total. The van der Waals surface area contributed by atoms with E-state index in [1.165, 1.54) is 12.1 Å². The monoisotopic (exact) mass is 494 g/mol. The molecule has 0 atom stereocenters. The zero-order chi connectivity index (χ0) is 19.1. The fraction of sp³-hybridized carbons (Fsp3) is 0.294. The predicted octanol–water partition coefficient (Wildman–Crippen LogP) is 2.77. The van der Waals surface area contributed by atoms with E-state index >= 15 is 0 Å². The van der Waals surface area contributed by atoms with Gasteiger partial charge in [-0.05, 0) is 25.1 Å². The summed E-state index contributed by atoms with van der Waals surface area (Å²) >= 11 is 0. The van der Waals surface area contributed by atoms with Crippen molar-refractivity contribution in [2.75, 3.05) is 7.05 Å². The molecule has 0 aliphatic heterocycles. The number of carbonyl (C=O) groups excluding carboxylic acids is 1. The molecular formula is C17H21F2IN4O3. The molecule has 0 fully saturated rings. The van der Waals surface area contributed by atoms with E-state index in [4.69, 9.17) is 10.2 Å².